The molecule has 0 unspecified atom stereocenters. The maximum atomic E-state index is 13.2. The molecule has 0 aliphatic heterocycles. The Labute approximate surface area is 160 Å². The van der Waals surface area contributed by atoms with Gasteiger partial charge in [0, 0.05) is 18.3 Å². The molecule has 6 nitrogen and oxygen atoms in total. The van der Waals surface area contributed by atoms with Crippen LogP contribution >= 0.6 is 0 Å². The molecule has 0 spiro atoms. The van der Waals surface area contributed by atoms with Crippen molar-refractivity contribution in [2.24, 2.45) is 0 Å². The molecule has 28 heavy (non-hydrogen) atoms. The first kappa shape index (κ1) is 19.2. The van der Waals surface area contributed by atoms with Crippen LogP contribution in [0, 0.1) is 11.6 Å². The normalized spacial score (nSPS) is 10.4. The Kier molecular flexibility index (Phi) is 6.11. The smallest absolute Gasteiger partial charge is 0.276 e. The zero-order valence-corrected chi connectivity index (χ0v) is 15.1. The second kappa shape index (κ2) is 8.90. The van der Waals surface area contributed by atoms with E-state index < -0.39 is 17.5 Å². The Balaban J connectivity index is 1.52. The Morgan fingerprint density at radius 2 is 1.79 bits per heavy atom. The number of halogens is 2. The van der Waals surface area contributed by atoms with Crippen molar-refractivity contribution in [1.82, 2.24) is 10.2 Å². The van der Waals surface area contributed by atoms with Crippen molar-refractivity contribution in [3.05, 3.63) is 77.5 Å². The van der Waals surface area contributed by atoms with Crippen LogP contribution in [0.1, 0.15) is 16.1 Å². The molecule has 3 rings (SSSR count). The Morgan fingerprint density at radius 3 is 2.43 bits per heavy atom. The van der Waals surface area contributed by atoms with Gasteiger partial charge in [-0.3, -0.25) is 4.79 Å². The third-order valence-corrected chi connectivity index (χ3v) is 3.95. The summed E-state index contributed by atoms with van der Waals surface area (Å²) >= 11 is 0. The van der Waals surface area contributed by atoms with Gasteiger partial charge in [0.25, 0.3) is 5.91 Å². The molecule has 0 radical (unpaired) electrons. The SMILES string of the molecule is COc1ccc(CCNc2ccc(C(=O)Nc3ccc(F)c(F)c3)nn2)cc1. The molecule has 1 heterocycles. The molecular formula is C20H18F2N4O2. The lowest BCUT2D eigenvalue weighted by Crippen LogP contribution is -2.15. The fourth-order valence-corrected chi connectivity index (χ4v) is 2.44. The number of rotatable bonds is 7. The monoisotopic (exact) mass is 384 g/mol. The molecule has 0 aliphatic carbocycles. The van der Waals surface area contributed by atoms with Gasteiger partial charge in [-0.25, -0.2) is 8.78 Å². The molecule has 144 valence electrons. The van der Waals surface area contributed by atoms with Gasteiger partial charge in [-0.1, -0.05) is 12.1 Å². The van der Waals surface area contributed by atoms with Crippen LogP contribution in [-0.2, 0) is 6.42 Å². The van der Waals surface area contributed by atoms with Crippen molar-refractivity contribution in [1.29, 1.82) is 0 Å². The van der Waals surface area contributed by atoms with Crippen LogP contribution in [0.15, 0.2) is 54.6 Å². The van der Waals surface area contributed by atoms with Crippen LogP contribution in [0.5, 0.6) is 5.75 Å². The Hall–Kier alpha value is -3.55. The largest absolute Gasteiger partial charge is 0.497 e. The highest BCUT2D eigenvalue weighted by Crippen LogP contribution is 2.14. The van der Waals surface area contributed by atoms with Gasteiger partial charge in [0.05, 0.1) is 7.11 Å². The number of carbonyl (C=O) groups excluding carboxylic acids is 1. The predicted octanol–water partition coefficient (Wildman–Crippen LogP) is 3.67. The average Bonchev–Trinajstić information content (AvgIpc) is 2.72. The summed E-state index contributed by atoms with van der Waals surface area (Å²) in [5, 5.41) is 13.4. The number of methoxy groups -OCH3 is 1. The van der Waals surface area contributed by atoms with Gasteiger partial charge in [-0.15, -0.1) is 10.2 Å². The van der Waals surface area contributed by atoms with Crippen molar-refractivity contribution < 1.29 is 18.3 Å². The number of anilines is 2. The molecular weight excluding hydrogens is 366 g/mol. The molecule has 0 fully saturated rings. The third kappa shape index (κ3) is 5.00. The summed E-state index contributed by atoms with van der Waals surface area (Å²) in [6, 6.07) is 14.0. The van der Waals surface area contributed by atoms with E-state index in [-0.39, 0.29) is 11.4 Å². The van der Waals surface area contributed by atoms with Crippen LogP contribution in [0.4, 0.5) is 20.3 Å². The van der Waals surface area contributed by atoms with Gasteiger partial charge in [0.15, 0.2) is 17.3 Å². The van der Waals surface area contributed by atoms with E-state index in [4.69, 9.17) is 4.74 Å². The lowest BCUT2D eigenvalue weighted by atomic mass is 10.1. The second-order valence-electron chi connectivity index (χ2n) is 5.91. The maximum Gasteiger partial charge on any atom is 0.276 e. The van der Waals surface area contributed by atoms with Crippen molar-refractivity contribution in [3.63, 3.8) is 0 Å². The standard InChI is InChI=1S/C20H18F2N4O2/c1-28-15-5-2-13(3-6-15)10-11-23-19-9-8-18(25-26-19)20(27)24-14-4-7-16(21)17(22)12-14/h2-9,12H,10-11H2,1H3,(H,23,26)(H,24,27). The number of benzene rings is 2. The lowest BCUT2D eigenvalue weighted by Gasteiger charge is -2.07. The number of ether oxygens (including phenoxy) is 1. The van der Waals surface area contributed by atoms with Crippen molar-refractivity contribution in [3.8, 4) is 5.75 Å². The molecule has 8 heteroatoms. The third-order valence-electron chi connectivity index (χ3n) is 3.95. The predicted molar refractivity (Wildman–Crippen MR) is 102 cm³/mol. The van der Waals surface area contributed by atoms with Crippen LogP contribution in [-0.4, -0.2) is 29.8 Å². The summed E-state index contributed by atoms with van der Waals surface area (Å²) in [4.78, 5) is 12.1. The maximum absolute atomic E-state index is 13.2. The van der Waals surface area contributed by atoms with Gasteiger partial charge in [0.2, 0.25) is 0 Å². The van der Waals surface area contributed by atoms with E-state index in [0.29, 0.717) is 12.4 Å². The van der Waals surface area contributed by atoms with Crippen LogP contribution in [0.2, 0.25) is 0 Å². The first-order valence-corrected chi connectivity index (χ1v) is 8.52. The molecule has 2 aromatic carbocycles. The minimum Gasteiger partial charge on any atom is -0.497 e. The zero-order chi connectivity index (χ0) is 19.9. The molecule has 2 N–H and O–H groups in total. The second-order valence-corrected chi connectivity index (χ2v) is 5.91. The molecule has 0 saturated carbocycles. The minimum absolute atomic E-state index is 0.0606. The summed E-state index contributed by atoms with van der Waals surface area (Å²) < 4.78 is 31.2. The molecule has 0 atom stereocenters. The summed E-state index contributed by atoms with van der Waals surface area (Å²) in [6.45, 7) is 0.640. The number of nitrogens with one attached hydrogen (secondary N) is 2. The van der Waals surface area contributed by atoms with Gasteiger partial charge >= 0.3 is 0 Å². The van der Waals surface area contributed by atoms with E-state index in [1.54, 1.807) is 13.2 Å². The average molecular weight is 384 g/mol. The first-order chi connectivity index (χ1) is 13.5. The number of hydrogen-bond donors (Lipinski definition) is 2. The highest BCUT2D eigenvalue weighted by molar-refractivity contribution is 6.02. The number of carbonyl (C=O) groups is 1. The first-order valence-electron chi connectivity index (χ1n) is 8.52. The molecule has 0 saturated heterocycles. The van der Waals surface area contributed by atoms with Gasteiger partial charge < -0.3 is 15.4 Å². The van der Waals surface area contributed by atoms with Crippen molar-refractivity contribution >= 4 is 17.4 Å². The lowest BCUT2D eigenvalue weighted by molar-refractivity contribution is 0.102. The topological polar surface area (TPSA) is 76.1 Å². The van der Waals surface area contributed by atoms with Gasteiger partial charge in [0.1, 0.15) is 11.6 Å². The molecule has 1 amide bonds. The highest BCUT2D eigenvalue weighted by Gasteiger charge is 2.10. The van der Waals surface area contributed by atoms with E-state index in [1.165, 1.54) is 12.1 Å². The summed E-state index contributed by atoms with van der Waals surface area (Å²) in [5.41, 5.74) is 1.33. The molecule has 0 aliphatic rings. The zero-order valence-electron chi connectivity index (χ0n) is 15.1. The Morgan fingerprint density at radius 1 is 1.00 bits per heavy atom. The van der Waals surface area contributed by atoms with E-state index in [2.05, 4.69) is 20.8 Å². The van der Waals surface area contributed by atoms with E-state index in [0.717, 1.165) is 29.9 Å². The summed E-state index contributed by atoms with van der Waals surface area (Å²) in [5.74, 6) is -1.26. The van der Waals surface area contributed by atoms with Crippen molar-refractivity contribution in [2.75, 3.05) is 24.3 Å². The van der Waals surface area contributed by atoms with Gasteiger partial charge in [-0.05, 0) is 48.4 Å². The Bertz CT molecular complexity index is 947. The van der Waals surface area contributed by atoms with Crippen LogP contribution < -0.4 is 15.4 Å². The molecule has 0 bridgehead atoms. The minimum atomic E-state index is -1.04. The van der Waals surface area contributed by atoms with Crippen LogP contribution in [0.25, 0.3) is 0 Å². The van der Waals surface area contributed by atoms with E-state index in [9.17, 15) is 13.6 Å². The quantitative estimate of drug-likeness (QED) is 0.650. The number of nitrogens with zero attached hydrogens (tertiary/aromatic N) is 2. The van der Waals surface area contributed by atoms with Gasteiger partial charge in [-0.2, -0.15) is 0 Å². The summed E-state index contributed by atoms with van der Waals surface area (Å²) in [6.07, 6.45) is 0.782. The van der Waals surface area contributed by atoms with Crippen molar-refractivity contribution in [2.45, 2.75) is 6.42 Å². The number of hydrogen-bond acceptors (Lipinski definition) is 5. The fourth-order valence-electron chi connectivity index (χ4n) is 2.44. The number of aromatic nitrogens is 2. The highest BCUT2D eigenvalue weighted by atomic mass is 19.2. The molecule has 3 aromatic rings. The fraction of sp³-hybridized carbons (Fsp3) is 0.150. The summed E-state index contributed by atoms with van der Waals surface area (Å²) in [7, 11) is 1.62. The molecule has 1 aromatic heterocycles. The van der Waals surface area contributed by atoms with E-state index >= 15 is 0 Å². The van der Waals surface area contributed by atoms with Crippen LogP contribution in [0.3, 0.4) is 0 Å². The van der Waals surface area contributed by atoms with E-state index in [1.807, 2.05) is 24.3 Å². The number of amides is 1.